The first-order valence-corrected chi connectivity index (χ1v) is 18.9. The van der Waals surface area contributed by atoms with Gasteiger partial charge in [-0.2, -0.15) is 5.56 Å². The molecule has 0 N–H and O–H groups in total. The number of aromatic nitrogens is 1. The second kappa shape index (κ2) is 14.9. The van der Waals surface area contributed by atoms with Crippen LogP contribution >= 0.6 is 0 Å². The van der Waals surface area contributed by atoms with E-state index in [1.54, 1.807) is 0 Å². The molecule has 0 radical (unpaired) electrons. The molecule has 5 nitrogen and oxygen atoms in total. The van der Waals surface area contributed by atoms with Gasteiger partial charge in [0.25, 0.3) is 0 Å². The number of anilines is 3. The van der Waals surface area contributed by atoms with Crippen molar-refractivity contribution in [3.8, 4) is 11.5 Å². The molecule has 2 aliphatic rings. The molecule has 0 bridgehead atoms. The van der Waals surface area contributed by atoms with E-state index in [1.165, 1.54) is 16.7 Å². The van der Waals surface area contributed by atoms with E-state index in [-0.39, 0.29) is 50.0 Å². The number of rotatable bonds is 7. The zero-order chi connectivity index (χ0) is 37.8. The van der Waals surface area contributed by atoms with Gasteiger partial charge in [-0.25, -0.2) is 4.98 Å². The van der Waals surface area contributed by atoms with E-state index in [1.807, 2.05) is 42.6 Å². The van der Waals surface area contributed by atoms with Gasteiger partial charge in [0.2, 0.25) is 0 Å². The molecule has 5 aromatic carbocycles. The fraction of sp³-hybridized carbons (Fsp3) is 0.265. The zero-order valence-electron chi connectivity index (χ0n) is 32.8. The molecule has 280 valence electrons. The van der Waals surface area contributed by atoms with Crippen molar-refractivity contribution in [1.29, 1.82) is 0 Å². The molecule has 2 aliphatic heterocycles. The van der Waals surface area contributed by atoms with Crippen molar-refractivity contribution < 1.29 is 30.5 Å². The molecule has 6 heteroatoms. The second-order valence-corrected chi connectivity index (χ2v) is 16.4. The smallest absolute Gasteiger partial charge is 0.510 e. The van der Waals surface area contributed by atoms with Gasteiger partial charge in [0.05, 0.1) is 0 Å². The van der Waals surface area contributed by atoms with Gasteiger partial charge in [-0.15, -0.1) is 29.8 Å². The number of hydrogen-bond donors (Lipinski definition) is 0. The maximum Gasteiger partial charge on any atom is 2.00 e. The molecule has 1 aromatic heterocycles. The topological polar surface area (TPSA) is 47.0 Å². The molecular formula is C49H47N3O2Pt. The van der Waals surface area contributed by atoms with Crippen molar-refractivity contribution in [2.75, 3.05) is 4.90 Å². The summed E-state index contributed by atoms with van der Waals surface area (Å²) in [5, 5.41) is 0. The van der Waals surface area contributed by atoms with Crippen LogP contribution in [0.15, 0.2) is 126 Å². The standard InChI is InChI=1S/C49H47N3O2.Pt/c1-31(2)35-26-36(47-51-44(33-16-11-9-12-17-33)45(54-47)34-18-13-10-14-19-34)28-40(27-35)53-39-25-32(3)24-38(30-39)52-43-22-21-37(48(4,5)6)29-42(43)49(7,8)41-20-15-23-50-46(41)52;/h9-27,29,31,44-45H,1-8H3;/q-2;+2/t44-,45-;/m1./s1. The fourth-order valence-electron chi connectivity index (χ4n) is 7.62. The van der Waals surface area contributed by atoms with Gasteiger partial charge in [0.1, 0.15) is 23.9 Å². The molecule has 0 aliphatic carbocycles. The predicted octanol–water partition coefficient (Wildman–Crippen LogP) is 12.6. The van der Waals surface area contributed by atoms with Crippen LogP contribution in [-0.2, 0) is 36.6 Å². The van der Waals surface area contributed by atoms with E-state index in [0.717, 1.165) is 45.0 Å². The molecule has 0 spiro atoms. The minimum Gasteiger partial charge on any atom is -0.510 e. The van der Waals surface area contributed by atoms with Gasteiger partial charge in [-0.3, -0.25) is 4.99 Å². The summed E-state index contributed by atoms with van der Waals surface area (Å²) in [6.45, 7) is 17.8. The van der Waals surface area contributed by atoms with Crippen molar-refractivity contribution >= 4 is 23.1 Å². The number of ether oxygens (including phenoxy) is 2. The van der Waals surface area contributed by atoms with Crippen LogP contribution in [0.5, 0.6) is 11.5 Å². The summed E-state index contributed by atoms with van der Waals surface area (Å²) in [5.41, 5.74) is 10.6. The zero-order valence-corrected chi connectivity index (χ0v) is 35.0. The minimum absolute atomic E-state index is 0. The Morgan fingerprint density at radius 1 is 0.782 bits per heavy atom. The number of nitrogens with zero attached hydrogens (tertiary/aromatic N) is 3. The van der Waals surface area contributed by atoms with Gasteiger partial charge >= 0.3 is 21.1 Å². The largest absolute Gasteiger partial charge is 2.00 e. The van der Waals surface area contributed by atoms with Gasteiger partial charge < -0.3 is 14.4 Å². The van der Waals surface area contributed by atoms with E-state index < -0.39 is 0 Å². The first-order valence-electron chi connectivity index (χ1n) is 18.9. The summed E-state index contributed by atoms with van der Waals surface area (Å²) in [4.78, 5) is 12.4. The Morgan fingerprint density at radius 2 is 1.47 bits per heavy atom. The molecule has 2 atom stereocenters. The molecule has 8 rings (SSSR count). The third-order valence-electron chi connectivity index (χ3n) is 10.7. The van der Waals surface area contributed by atoms with Crippen LogP contribution in [0.3, 0.4) is 0 Å². The van der Waals surface area contributed by atoms with E-state index >= 15 is 0 Å². The van der Waals surface area contributed by atoms with Crippen molar-refractivity contribution in [2.24, 2.45) is 4.99 Å². The van der Waals surface area contributed by atoms with Crippen LogP contribution in [0, 0.1) is 19.1 Å². The Kier molecular flexibility index (Phi) is 10.4. The van der Waals surface area contributed by atoms with Crippen LogP contribution in [0.2, 0.25) is 0 Å². The second-order valence-electron chi connectivity index (χ2n) is 16.4. The number of pyridine rings is 1. The van der Waals surface area contributed by atoms with Crippen molar-refractivity contribution in [2.45, 2.75) is 84.3 Å². The van der Waals surface area contributed by atoms with Crippen LogP contribution in [0.4, 0.5) is 17.2 Å². The monoisotopic (exact) mass is 904 g/mol. The maximum absolute atomic E-state index is 6.72. The predicted molar refractivity (Wildman–Crippen MR) is 219 cm³/mol. The third-order valence-corrected chi connectivity index (χ3v) is 10.7. The summed E-state index contributed by atoms with van der Waals surface area (Å²) < 4.78 is 13.4. The SMILES string of the molecule is Cc1cc(Oc2[c-]c(C3=N[C@H](c4ccccc4)[C@@H](c4ccccc4)O3)cc(C(C)C)c2)[c-]c(N2c3ccc(C(C)(C)C)cc3C(C)(C)c3cccnc32)c1.[Pt+2]. The van der Waals surface area contributed by atoms with Crippen LogP contribution < -0.4 is 9.64 Å². The van der Waals surface area contributed by atoms with Crippen molar-refractivity contribution in [3.63, 3.8) is 0 Å². The average molecular weight is 905 g/mol. The molecular weight excluding hydrogens is 858 g/mol. The van der Waals surface area contributed by atoms with E-state index in [4.69, 9.17) is 19.5 Å². The number of hydrogen-bond acceptors (Lipinski definition) is 5. The Hall–Kier alpha value is -4.99. The summed E-state index contributed by atoms with van der Waals surface area (Å²) in [7, 11) is 0. The number of benzene rings is 5. The van der Waals surface area contributed by atoms with Crippen LogP contribution in [0.1, 0.15) is 111 Å². The number of fused-ring (bicyclic) bond motifs is 2. The molecule has 3 heterocycles. The average Bonchev–Trinajstić information content (AvgIpc) is 3.61. The molecule has 6 aromatic rings. The molecule has 0 saturated heterocycles. The quantitative estimate of drug-likeness (QED) is 0.150. The van der Waals surface area contributed by atoms with Gasteiger partial charge in [0.15, 0.2) is 0 Å². The molecule has 55 heavy (non-hydrogen) atoms. The summed E-state index contributed by atoms with van der Waals surface area (Å²) in [5.74, 6) is 2.89. The van der Waals surface area contributed by atoms with Crippen molar-refractivity contribution in [3.05, 3.63) is 178 Å². The van der Waals surface area contributed by atoms with Gasteiger partial charge in [0, 0.05) is 34.4 Å². The van der Waals surface area contributed by atoms with Gasteiger partial charge in [-0.05, 0) is 45.7 Å². The maximum atomic E-state index is 6.72. The van der Waals surface area contributed by atoms with E-state index in [2.05, 4.69) is 151 Å². The minimum atomic E-state index is -0.259. The first kappa shape index (κ1) is 38.3. The normalized spacial score (nSPS) is 17.1. The fourth-order valence-corrected chi connectivity index (χ4v) is 7.62. The van der Waals surface area contributed by atoms with Crippen LogP contribution in [-0.4, -0.2) is 10.9 Å². The molecule has 0 unspecified atom stereocenters. The molecule has 0 saturated carbocycles. The van der Waals surface area contributed by atoms with Crippen LogP contribution in [0.25, 0.3) is 0 Å². The van der Waals surface area contributed by atoms with E-state index in [0.29, 0.717) is 17.4 Å². The molecule has 0 amide bonds. The summed E-state index contributed by atoms with van der Waals surface area (Å²) in [6.07, 6.45) is 1.61. The number of aliphatic imine (C=N–C) groups is 1. The Morgan fingerprint density at radius 3 is 2.16 bits per heavy atom. The summed E-state index contributed by atoms with van der Waals surface area (Å²) in [6, 6.07) is 47.1. The Bertz CT molecular complexity index is 2360. The summed E-state index contributed by atoms with van der Waals surface area (Å²) >= 11 is 0. The van der Waals surface area contributed by atoms with E-state index in [9.17, 15) is 0 Å². The van der Waals surface area contributed by atoms with Gasteiger partial charge in [-0.1, -0.05) is 158 Å². The molecule has 0 fully saturated rings. The first-order chi connectivity index (χ1) is 25.9. The Balaban J connectivity index is 0.00000465. The third kappa shape index (κ3) is 7.40. The number of aryl methyl sites for hydroxylation is 1. The Labute approximate surface area is 340 Å². The van der Waals surface area contributed by atoms with Crippen molar-refractivity contribution in [1.82, 2.24) is 4.98 Å².